The number of hydrogen-bond acceptors (Lipinski definition) is 6. The first-order valence-electron chi connectivity index (χ1n) is 15.9. The molecule has 4 N–H and O–H groups in total. The Hall–Kier alpha value is -2.85. The number of β-lactam (4-membered cyclic amide) rings is 1. The van der Waals surface area contributed by atoms with Gasteiger partial charge in [-0.05, 0) is 112 Å². The molecule has 1 saturated heterocycles. The molecule has 10 heteroatoms. The van der Waals surface area contributed by atoms with Crippen LogP contribution in [-0.2, 0) is 17.6 Å². The highest BCUT2D eigenvalue weighted by Gasteiger charge is 2.51. The maximum Gasteiger partial charge on any atom is 0.248 e. The summed E-state index contributed by atoms with van der Waals surface area (Å²) in [5, 5.41) is 16.9. The lowest BCUT2D eigenvalue weighted by molar-refractivity contribution is -0.142. The second-order valence-electron chi connectivity index (χ2n) is 11.4. The van der Waals surface area contributed by atoms with Crippen molar-refractivity contribution in [2.45, 2.75) is 57.9 Å². The number of hydrazine groups is 1. The normalized spacial score (nSPS) is 16.5. The van der Waals surface area contributed by atoms with Gasteiger partial charge in [-0.2, -0.15) is 0 Å². The van der Waals surface area contributed by atoms with E-state index in [0.29, 0.717) is 6.54 Å². The highest BCUT2D eigenvalue weighted by Crippen LogP contribution is 2.41. The molecule has 1 fully saturated rings. The largest absolute Gasteiger partial charge is 0.313 e. The molecule has 0 spiro atoms. The molecular weight excluding hydrogens is 647 g/mol. The van der Waals surface area contributed by atoms with Gasteiger partial charge < -0.3 is 10.6 Å². The van der Waals surface area contributed by atoms with E-state index in [4.69, 9.17) is 28.6 Å². The molecule has 2 heterocycles. The van der Waals surface area contributed by atoms with Crippen molar-refractivity contribution in [3.05, 3.63) is 117 Å². The number of rotatable bonds is 15. The van der Waals surface area contributed by atoms with Gasteiger partial charge in [-0.3, -0.25) is 20.1 Å². The molecule has 47 heavy (non-hydrogen) atoms. The number of hydrogen-bond donors (Lipinski definition) is 4. The molecule has 2 aromatic rings. The number of benzene rings is 2. The highest BCUT2D eigenvalue weighted by molar-refractivity contribution is 8.00. The van der Waals surface area contributed by atoms with Gasteiger partial charge in [0.2, 0.25) is 5.91 Å². The third-order valence-corrected chi connectivity index (χ3v) is 9.60. The first-order valence-corrected chi connectivity index (χ1v) is 17.7. The quantitative estimate of drug-likeness (QED) is 0.0384. The second-order valence-corrected chi connectivity index (χ2v) is 13.4. The molecule has 0 saturated carbocycles. The molecule has 0 bridgehead atoms. The third-order valence-electron chi connectivity index (χ3n) is 7.68. The van der Waals surface area contributed by atoms with Gasteiger partial charge in [-0.1, -0.05) is 60.1 Å². The van der Waals surface area contributed by atoms with E-state index in [9.17, 15) is 4.79 Å². The zero-order valence-electron chi connectivity index (χ0n) is 28.6. The van der Waals surface area contributed by atoms with Crippen molar-refractivity contribution in [1.29, 1.82) is 5.41 Å². The van der Waals surface area contributed by atoms with Crippen LogP contribution in [0.3, 0.4) is 0 Å². The second kappa shape index (κ2) is 21.2. The maximum absolute atomic E-state index is 12.6. The van der Waals surface area contributed by atoms with Crippen LogP contribution in [0.2, 0.25) is 10.0 Å². The smallest absolute Gasteiger partial charge is 0.248 e. The number of fused-ring (bicyclic) bond motifs is 1. The topological polar surface area (TPSA) is 83.5 Å². The van der Waals surface area contributed by atoms with Crippen LogP contribution in [0.4, 0.5) is 0 Å². The molecular formula is C37H52Cl2N6OS. The van der Waals surface area contributed by atoms with Crippen LogP contribution in [0, 0.1) is 12.3 Å². The number of allylic oxidation sites excluding steroid dienone is 2. The molecule has 2 aliphatic rings. The fourth-order valence-electron chi connectivity index (χ4n) is 5.36. The number of carbonyl (C=O) groups excluding carboxylic acids is 1. The number of nitrogens with one attached hydrogen (secondary N) is 4. The highest BCUT2D eigenvalue weighted by atomic mass is 35.5. The van der Waals surface area contributed by atoms with Gasteiger partial charge in [-0.25, -0.2) is 5.43 Å². The summed E-state index contributed by atoms with van der Waals surface area (Å²) in [4.78, 5) is 14.5. The standard InChI is InChI=1S/C29H35Cl2N3OS.C5H11N3.C3H6/c1-18(2)27-23(17-36-29-26(32-4)28(35)34(27)29)16-33-12-6-5-7-20-15-24(30)11-10-21(20)14-22-9-8-19(3)13-25(22)31;1-3-4-8(5-6)7-2;1-3-2/h8-11,13,15,26,29,32-33H,1,5-7,12,14,16-17H2,2-4H3;3,5-7H,1,4H2,2H3;3H,1H2,2H3. The summed E-state index contributed by atoms with van der Waals surface area (Å²) < 4.78 is 0. The van der Waals surface area contributed by atoms with E-state index in [1.54, 1.807) is 24.2 Å². The van der Waals surface area contributed by atoms with Gasteiger partial charge in [0.15, 0.2) is 0 Å². The average Bonchev–Trinajstić information content (AvgIpc) is 3.04. The van der Waals surface area contributed by atoms with Crippen molar-refractivity contribution in [3.63, 3.8) is 0 Å². The number of thioether (sulfide) groups is 1. The summed E-state index contributed by atoms with van der Waals surface area (Å²) >= 11 is 14.7. The van der Waals surface area contributed by atoms with Gasteiger partial charge >= 0.3 is 0 Å². The number of nitrogens with zero attached hydrogens (tertiary/aromatic N) is 2. The number of likely N-dealkylation sites (N-methyl/N-ethyl adjacent to an activating group) is 1. The molecule has 0 aliphatic carbocycles. The number of halogens is 2. The summed E-state index contributed by atoms with van der Waals surface area (Å²) in [5.41, 5.74) is 10.9. The van der Waals surface area contributed by atoms with Crippen LogP contribution in [-0.4, -0.2) is 73.1 Å². The molecule has 0 radical (unpaired) electrons. The zero-order valence-corrected chi connectivity index (χ0v) is 30.9. The van der Waals surface area contributed by atoms with Crippen LogP contribution < -0.4 is 16.1 Å². The van der Waals surface area contributed by atoms with Gasteiger partial charge in [-0.15, -0.1) is 24.9 Å². The molecule has 2 unspecified atom stereocenters. The van der Waals surface area contributed by atoms with Crippen LogP contribution in [0.5, 0.6) is 0 Å². The van der Waals surface area contributed by atoms with Crippen molar-refractivity contribution in [2.24, 2.45) is 0 Å². The summed E-state index contributed by atoms with van der Waals surface area (Å²) in [6.45, 7) is 19.3. The Kier molecular flexibility index (Phi) is 18.2. The number of amides is 1. The van der Waals surface area contributed by atoms with E-state index >= 15 is 0 Å². The van der Waals surface area contributed by atoms with Crippen molar-refractivity contribution >= 4 is 47.2 Å². The van der Waals surface area contributed by atoms with E-state index in [0.717, 1.165) is 71.4 Å². The maximum atomic E-state index is 12.6. The van der Waals surface area contributed by atoms with E-state index in [1.165, 1.54) is 28.6 Å². The van der Waals surface area contributed by atoms with Crippen LogP contribution in [0.25, 0.3) is 0 Å². The molecule has 2 atom stereocenters. The summed E-state index contributed by atoms with van der Waals surface area (Å²) in [6.07, 6.45) is 8.60. The van der Waals surface area contributed by atoms with Crippen molar-refractivity contribution in [1.82, 2.24) is 26.0 Å². The molecule has 4 rings (SSSR count). The van der Waals surface area contributed by atoms with Gasteiger partial charge in [0, 0.05) is 35.1 Å². The van der Waals surface area contributed by atoms with Crippen molar-refractivity contribution in [2.75, 3.05) is 39.5 Å². The predicted molar refractivity (Wildman–Crippen MR) is 205 cm³/mol. The monoisotopic (exact) mass is 698 g/mol. The van der Waals surface area contributed by atoms with E-state index in [-0.39, 0.29) is 17.3 Å². The van der Waals surface area contributed by atoms with Crippen LogP contribution >= 0.6 is 35.0 Å². The lowest BCUT2D eigenvalue weighted by Gasteiger charge is -2.51. The average molecular weight is 700 g/mol. The summed E-state index contributed by atoms with van der Waals surface area (Å²) in [5.74, 6) is 1.07. The van der Waals surface area contributed by atoms with Gasteiger partial charge in [0.1, 0.15) is 11.4 Å². The summed E-state index contributed by atoms with van der Waals surface area (Å²) in [7, 11) is 3.61. The minimum atomic E-state index is -0.0859. The zero-order chi connectivity index (χ0) is 34.9. The Morgan fingerprint density at radius 3 is 2.40 bits per heavy atom. The SMILES string of the molecule is C=C(C)C1=C(CNCCCCc2cc(Cl)ccc2Cc2ccc(C)cc2Cl)CSC2C(NC)C(=O)N12.C=CC.C=CCN(C=N)NC. The van der Waals surface area contributed by atoms with Crippen molar-refractivity contribution < 1.29 is 4.79 Å². The third kappa shape index (κ3) is 12.0. The van der Waals surface area contributed by atoms with E-state index in [1.807, 2.05) is 49.7 Å². The Labute approximate surface area is 297 Å². The van der Waals surface area contributed by atoms with Gasteiger partial charge in [0.05, 0.1) is 12.9 Å². The number of unbranched alkanes of at least 4 members (excludes halogenated alkanes) is 1. The van der Waals surface area contributed by atoms with Gasteiger partial charge in [0.25, 0.3) is 0 Å². The van der Waals surface area contributed by atoms with Crippen LogP contribution in [0.15, 0.2) is 85.1 Å². The molecule has 2 aromatic carbocycles. The minimum absolute atomic E-state index is 0.0859. The Morgan fingerprint density at radius 2 is 1.83 bits per heavy atom. The Balaban J connectivity index is 0.000000603. The Morgan fingerprint density at radius 1 is 1.13 bits per heavy atom. The van der Waals surface area contributed by atoms with E-state index in [2.05, 4.69) is 67.0 Å². The first kappa shape index (κ1) is 40.3. The lowest BCUT2D eigenvalue weighted by Crippen LogP contribution is -2.68. The predicted octanol–water partition coefficient (Wildman–Crippen LogP) is 7.55. The lowest BCUT2D eigenvalue weighted by atomic mass is 9.96. The fraction of sp³-hybridized carbons (Fsp3) is 0.405. The molecule has 2 aliphatic heterocycles. The minimum Gasteiger partial charge on any atom is -0.313 e. The first-order chi connectivity index (χ1) is 22.6. The number of aryl methyl sites for hydroxylation is 2. The van der Waals surface area contributed by atoms with Crippen molar-refractivity contribution in [3.8, 4) is 0 Å². The Bertz CT molecular complexity index is 1410. The van der Waals surface area contributed by atoms with Crippen LogP contribution in [0.1, 0.15) is 48.9 Å². The molecule has 256 valence electrons. The summed E-state index contributed by atoms with van der Waals surface area (Å²) in [6, 6.07) is 12.3. The molecule has 1 amide bonds. The fourth-order valence-corrected chi connectivity index (χ4v) is 7.27. The molecule has 7 nitrogen and oxygen atoms in total. The van der Waals surface area contributed by atoms with E-state index < -0.39 is 0 Å². The number of carbonyl (C=O) groups is 1. The molecule has 0 aromatic heterocycles.